The molecule has 0 spiro atoms. The summed E-state index contributed by atoms with van der Waals surface area (Å²) in [5, 5.41) is 17.1. The summed E-state index contributed by atoms with van der Waals surface area (Å²) < 4.78 is 35.3. The maximum atomic E-state index is 13.0. The Morgan fingerprint density at radius 1 is 1.15 bits per heavy atom. The highest BCUT2D eigenvalue weighted by Gasteiger charge is 2.25. The zero-order valence-corrected chi connectivity index (χ0v) is 17.5. The average molecular weight is 464 g/mol. The number of hydrogen-bond donors (Lipinski definition) is 0. The Bertz CT molecular complexity index is 967. The molecule has 0 aliphatic rings. The van der Waals surface area contributed by atoms with Crippen LogP contribution in [0.25, 0.3) is 0 Å². The van der Waals surface area contributed by atoms with Crippen molar-refractivity contribution in [2.24, 2.45) is 0 Å². The van der Waals surface area contributed by atoms with Gasteiger partial charge in [-0.05, 0) is 43.6 Å². The lowest BCUT2D eigenvalue weighted by atomic mass is 10.3. The summed E-state index contributed by atoms with van der Waals surface area (Å²) in [6, 6.07) is -0.474. The summed E-state index contributed by atoms with van der Waals surface area (Å²) in [6.07, 6.45) is -2.19. The molecule has 0 radical (unpaired) electrons. The number of aromatic nitrogens is 6. The topological polar surface area (TPSA) is 74.6 Å². The molecule has 146 valence electrons. The Morgan fingerprint density at radius 3 is 2.41 bits per heavy atom. The van der Waals surface area contributed by atoms with Crippen molar-refractivity contribution >= 4 is 27.5 Å². The third kappa shape index (κ3) is 3.77. The number of nitrogens with zero attached hydrogens (tertiary/aromatic N) is 6. The quantitative estimate of drug-likeness (QED) is 0.534. The van der Waals surface area contributed by atoms with Crippen molar-refractivity contribution in [1.82, 2.24) is 29.8 Å². The van der Waals surface area contributed by atoms with E-state index in [1.54, 1.807) is 18.5 Å². The van der Waals surface area contributed by atoms with E-state index in [9.17, 15) is 8.78 Å². The average Bonchev–Trinajstić information content (AvgIpc) is 3.28. The summed E-state index contributed by atoms with van der Waals surface area (Å²) >= 11 is 9.31. The molecule has 0 saturated heterocycles. The van der Waals surface area contributed by atoms with Gasteiger partial charge in [0.1, 0.15) is 11.7 Å². The van der Waals surface area contributed by atoms with Crippen LogP contribution < -0.4 is 0 Å². The van der Waals surface area contributed by atoms with Crippen LogP contribution in [0.2, 0.25) is 5.02 Å². The van der Waals surface area contributed by atoms with Crippen LogP contribution in [0.1, 0.15) is 53.9 Å². The Balaban J connectivity index is 1.75. The first-order chi connectivity index (χ1) is 12.7. The summed E-state index contributed by atoms with van der Waals surface area (Å²) in [4.78, 5) is 0. The molecule has 3 aromatic rings. The molecule has 3 rings (SSSR count). The second kappa shape index (κ2) is 7.67. The zero-order valence-electron chi connectivity index (χ0n) is 15.2. The smallest absolute Gasteiger partial charge is 0.283 e. The van der Waals surface area contributed by atoms with Crippen LogP contribution in [-0.4, -0.2) is 29.8 Å². The lowest BCUT2D eigenvalue weighted by molar-refractivity contribution is 0.144. The highest BCUT2D eigenvalue weighted by molar-refractivity contribution is 9.10. The van der Waals surface area contributed by atoms with Crippen molar-refractivity contribution in [3.8, 4) is 0 Å². The minimum atomic E-state index is -2.67. The van der Waals surface area contributed by atoms with Gasteiger partial charge in [0, 0.05) is 13.0 Å². The van der Waals surface area contributed by atoms with Crippen molar-refractivity contribution in [3.05, 3.63) is 44.1 Å². The van der Waals surface area contributed by atoms with E-state index in [-0.39, 0.29) is 10.2 Å². The van der Waals surface area contributed by atoms with Gasteiger partial charge >= 0.3 is 0 Å². The van der Waals surface area contributed by atoms with Crippen molar-refractivity contribution in [3.63, 3.8) is 0 Å². The van der Waals surface area contributed by atoms with Crippen LogP contribution in [0.15, 0.2) is 8.89 Å². The van der Waals surface area contributed by atoms with Crippen molar-refractivity contribution in [2.75, 3.05) is 0 Å². The molecule has 3 aromatic heterocycles. The zero-order chi connectivity index (χ0) is 19.9. The van der Waals surface area contributed by atoms with Crippen molar-refractivity contribution in [2.45, 2.75) is 53.1 Å². The van der Waals surface area contributed by atoms with Gasteiger partial charge in [-0.2, -0.15) is 10.2 Å². The maximum Gasteiger partial charge on any atom is 0.283 e. The molecule has 0 saturated carbocycles. The number of rotatable bonds is 6. The molecule has 7 nitrogen and oxygen atoms in total. The molecule has 0 amide bonds. The second-order valence-corrected chi connectivity index (χ2v) is 7.37. The van der Waals surface area contributed by atoms with Gasteiger partial charge in [0.2, 0.25) is 11.8 Å². The number of aryl methyl sites for hydroxylation is 3. The third-order valence-electron chi connectivity index (χ3n) is 4.35. The lowest BCUT2D eigenvalue weighted by Gasteiger charge is -2.09. The molecule has 0 aromatic carbocycles. The van der Waals surface area contributed by atoms with E-state index in [0.717, 1.165) is 11.4 Å². The van der Waals surface area contributed by atoms with Crippen LogP contribution in [0.3, 0.4) is 0 Å². The molecule has 3 heterocycles. The van der Waals surface area contributed by atoms with E-state index < -0.39 is 12.5 Å². The first kappa shape index (κ1) is 19.9. The fourth-order valence-electron chi connectivity index (χ4n) is 2.77. The van der Waals surface area contributed by atoms with Crippen LogP contribution in [-0.2, 0) is 13.0 Å². The van der Waals surface area contributed by atoms with Gasteiger partial charge in [0.15, 0.2) is 0 Å². The molecule has 27 heavy (non-hydrogen) atoms. The van der Waals surface area contributed by atoms with E-state index in [1.807, 2.05) is 13.8 Å². The molecular weight excluding hydrogens is 446 g/mol. The number of alkyl halides is 2. The Labute approximate surface area is 167 Å². The van der Waals surface area contributed by atoms with Crippen molar-refractivity contribution < 1.29 is 13.2 Å². The number of halogens is 4. The molecule has 0 aliphatic heterocycles. The standard InChI is InChI=1S/C16H18BrClF2N6O/c1-7-13(18)9(3)25(23-7)6-5-11-21-22-16(27-11)10(4)26-8(2)12(17)14(24-26)15(19)20/h10,15H,5-6H2,1-4H3. The molecule has 0 fully saturated rings. The molecule has 0 bridgehead atoms. The fraction of sp³-hybridized carbons (Fsp3) is 0.500. The maximum absolute atomic E-state index is 13.0. The highest BCUT2D eigenvalue weighted by Crippen LogP contribution is 2.31. The van der Waals surface area contributed by atoms with E-state index in [2.05, 4.69) is 36.3 Å². The monoisotopic (exact) mass is 462 g/mol. The minimum Gasteiger partial charge on any atom is -0.423 e. The van der Waals surface area contributed by atoms with Gasteiger partial charge < -0.3 is 4.42 Å². The normalized spacial score (nSPS) is 12.9. The van der Waals surface area contributed by atoms with Crippen LogP contribution in [0, 0.1) is 20.8 Å². The molecule has 1 unspecified atom stereocenters. The van der Waals surface area contributed by atoms with Gasteiger partial charge in [0.05, 0.1) is 26.6 Å². The third-order valence-corrected chi connectivity index (χ3v) is 5.87. The predicted octanol–water partition coefficient (Wildman–Crippen LogP) is 4.59. The first-order valence-corrected chi connectivity index (χ1v) is 9.42. The van der Waals surface area contributed by atoms with E-state index in [0.29, 0.717) is 35.5 Å². The largest absolute Gasteiger partial charge is 0.423 e. The SMILES string of the molecule is Cc1nn(CCc2nnc(C(C)n3nc(C(F)F)c(Br)c3C)o2)c(C)c1Cl. The summed E-state index contributed by atoms with van der Waals surface area (Å²) in [6.45, 7) is 7.74. The van der Waals surface area contributed by atoms with Crippen LogP contribution in [0.5, 0.6) is 0 Å². The Morgan fingerprint density at radius 2 is 1.85 bits per heavy atom. The molecule has 1 atom stereocenters. The minimum absolute atomic E-state index is 0.283. The fourth-order valence-corrected chi connectivity index (χ4v) is 3.34. The summed E-state index contributed by atoms with van der Waals surface area (Å²) in [7, 11) is 0. The van der Waals surface area contributed by atoms with E-state index >= 15 is 0 Å². The molecule has 11 heteroatoms. The van der Waals surface area contributed by atoms with Crippen LogP contribution in [0.4, 0.5) is 8.78 Å². The lowest BCUT2D eigenvalue weighted by Crippen LogP contribution is -2.11. The Hall–Kier alpha value is -1.81. The van der Waals surface area contributed by atoms with Gasteiger partial charge in [-0.1, -0.05) is 11.6 Å². The van der Waals surface area contributed by atoms with E-state index in [1.165, 1.54) is 4.68 Å². The number of hydrogen-bond acceptors (Lipinski definition) is 5. The van der Waals surface area contributed by atoms with Gasteiger partial charge in [0.25, 0.3) is 6.43 Å². The highest BCUT2D eigenvalue weighted by atomic mass is 79.9. The van der Waals surface area contributed by atoms with E-state index in [4.69, 9.17) is 16.0 Å². The molecule has 0 N–H and O–H groups in total. The summed E-state index contributed by atoms with van der Waals surface area (Å²) in [5.74, 6) is 0.730. The summed E-state index contributed by atoms with van der Waals surface area (Å²) in [5.41, 5.74) is 1.90. The van der Waals surface area contributed by atoms with Crippen molar-refractivity contribution in [1.29, 1.82) is 0 Å². The Kier molecular flexibility index (Phi) is 5.66. The van der Waals surface area contributed by atoms with Gasteiger partial charge in [-0.15, -0.1) is 10.2 Å². The second-order valence-electron chi connectivity index (χ2n) is 6.20. The molecule has 0 aliphatic carbocycles. The molecular formula is C16H18BrClF2N6O. The van der Waals surface area contributed by atoms with Crippen LogP contribution >= 0.6 is 27.5 Å². The van der Waals surface area contributed by atoms with Gasteiger partial charge in [-0.3, -0.25) is 9.36 Å². The van der Waals surface area contributed by atoms with Gasteiger partial charge in [-0.25, -0.2) is 8.78 Å². The first-order valence-electron chi connectivity index (χ1n) is 8.25. The predicted molar refractivity (Wildman–Crippen MR) is 98.1 cm³/mol.